The van der Waals surface area contributed by atoms with Crippen LogP contribution in [0.25, 0.3) is 0 Å². The number of rotatable bonds is 5. The van der Waals surface area contributed by atoms with Crippen molar-refractivity contribution >= 4 is 5.69 Å². The van der Waals surface area contributed by atoms with E-state index in [-0.39, 0.29) is 0 Å². The molecule has 108 valence electrons. The number of fused-ring (bicyclic) bond motifs is 1. The molecule has 1 heterocycles. The lowest BCUT2D eigenvalue weighted by Crippen LogP contribution is -2.23. The molecule has 1 fully saturated rings. The van der Waals surface area contributed by atoms with Gasteiger partial charge in [-0.3, -0.25) is 0 Å². The molecule has 2 aromatic rings. The molecule has 0 amide bonds. The van der Waals surface area contributed by atoms with E-state index in [2.05, 4.69) is 59.2 Å². The molecule has 1 unspecified atom stereocenters. The SMILES string of the molecule is c1ccc(C(NCc2cccc3c2NCC3)C2CC2)cc1. The summed E-state index contributed by atoms with van der Waals surface area (Å²) in [4.78, 5) is 0. The van der Waals surface area contributed by atoms with Crippen molar-refractivity contribution in [3.05, 3.63) is 65.2 Å². The van der Waals surface area contributed by atoms with Gasteiger partial charge in [-0.05, 0) is 41.9 Å². The largest absolute Gasteiger partial charge is 0.384 e. The summed E-state index contributed by atoms with van der Waals surface area (Å²) < 4.78 is 0. The Balaban J connectivity index is 1.51. The van der Waals surface area contributed by atoms with Crippen molar-refractivity contribution < 1.29 is 0 Å². The predicted octanol–water partition coefficient (Wildman–Crippen LogP) is 3.90. The minimum atomic E-state index is 0.503. The zero-order chi connectivity index (χ0) is 14.1. The number of anilines is 1. The van der Waals surface area contributed by atoms with Crippen molar-refractivity contribution in [3.63, 3.8) is 0 Å². The first-order chi connectivity index (χ1) is 10.4. The summed E-state index contributed by atoms with van der Waals surface area (Å²) in [6, 6.07) is 18.1. The molecule has 0 aromatic heterocycles. The highest BCUT2D eigenvalue weighted by Gasteiger charge is 2.32. The van der Waals surface area contributed by atoms with E-state index >= 15 is 0 Å². The average molecular weight is 278 g/mol. The Morgan fingerprint density at radius 3 is 2.71 bits per heavy atom. The molecule has 2 N–H and O–H groups in total. The molecule has 2 aliphatic rings. The third-order valence-electron chi connectivity index (χ3n) is 4.70. The van der Waals surface area contributed by atoms with Crippen molar-refractivity contribution in [3.8, 4) is 0 Å². The van der Waals surface area contributed by atoms with Gasteiger partial charge in [-0.15, -0.1) is 0 Å². The first kappa shape index (κ1) is 12.9. The molecule has 1 atom stereocenters. The third-order valence-corrected chi connectivity index (χ3v) is 4.70. The Hall–Kier alpha value is -1.80. The van der Waals surface area contributed by atoms with Crippen LogP contribution in [-0.2, 0) is 13.0 Å². The molecule has 4 rings (SSSR count). The minimum absolute atomic E-state index is 0.503. The van der Waals surface area contributed by atoms with Gasteiger partial charge in [0.05, 0.1) is 0 Å². The smallest absolute Gasteiger partial charge is 0.0419 e. The Kier molecular flexibility index (Phi) is 3.40. The van der Waals surface area contributed by atoms with E-state index in [9.17, 15) is 0 Å². The second kappa shape index (κ2) is 5.53. The molecule has 1 saturated carbocycles. The Morgan fingerprint density at radius 2 is 1.90 bits per heavy atom. The van der Waals surface area contributed by atoms with Crippen LogP contribution in [0.1, 0.15) is 35.6 Å². The van der Waals surface area contributed by atoms with Crippen LogP contribution in [0, 0.1) is 5.92 Å². The second-order valence-electron chi connectivity index (χ2n) is 6.23. The highest BCUT2D eigenvalue weighted by molar-refractivity contribution is 5.61. The van der Waals surface area contributed by atoms with Crippen molar-refractivity contribution in [1.82, 2.24) is 5.32 Å². The number of para-hydroxylation sites is 1. The lowest BCUT2D eigenvalue weighted by Gasteiger charge is -2.20. The Labute approximate surface area is 126 Å². The van der Waals surface area contributed by atoms with Crippen LogP contribution in [0.5, 0.6) is 0 Å². The van der Waals surface area contributed by atoms with E-state index in [1.165, 1.54) is 35.2 Å². The fraction of sp³-hybridized carbons (Fsp3) is 0.368. The van der Waals surface area contributed by atoms with Crippen LogP contribution in [-0.4, -0.2) is 6.54 Å². The highest BCUT2D eigenvalue weighted by Crippen LogP contribution is 2.41. The maximum Gasteiger partial charge on any atom is 0.0419 e. The molecule has 2 nitrogen and oxygen atoms in total. The van der Waals surface area contributed by atoms with Crippen LogP contribution in [0.15, 0.2) is 48.5 Å². The van der Waals surface area contributed by atoms with E-state index < -0.39 is 0 Å². The highest BCUT2D eigenvalue weighted by atomic mass is 15.0. The van der Waals surface area contributed by atoms with Gasteiger partial charge in [-0.2, -0.15) is 0 Å². The topological polar surface area (TPSA) is 24.1 Å². The maximum absolute atomic E-state index is 3.80. The van der Waals surface area contributed by atoms with Gasteiger partial charge in [0.25, 0.3) is 0 Å². The minimum Gasteiger partial charge on any atom is -0.384 e. The Bertz CT molecular complexity index is 617. The van der Waals surface area contributed by atoms with Crippen LogP contribution in [0.2, 0.25) is 0 Å². The van der Waals surface area contributed by atoms with E-state index in [0.29, 0.717) is 6.04 Å². The summed E-state index contributed by atoms with van der Waals surface area (Å²) in [6.45, 7) is 2.03. The van der Waals surface area contributed by atoms with Gasteiger partial charge in [0.2, 0.25) is 0 Å². The van der Waals surface area contributed by atoms with Crippen LogP contribution >= 0.6 is 0 Å². The lowest BCUT2D eigenvalue weighted by molar-refractivity contribution is 0.481. The first-order valence-corrected chi connectivity index (χ1v) is 8.05. The summed E-state index contributed by atoms with van der Waals surface area (Å²) in [7, 11) is 0. The summed E-state index contributed by atoms with van der Waals surface area (Å²) in [5.74, 6) is 0.817. The third kappa shape index (κ3) is 2.68. The first-order valence-electron chi connectivity index (χ1n) is 8.05. The van der Waals surface area contributed by atoms with Gasteiger partial charge < -0.3 is 10.6 Å². The fourth-order valence-corrected chi connectivity index (χ4v) is 3.42. The molecular formula is C19H22N2. The normalized spacial score (nSPS) is 18.1. The lowest BCUT2D eigenvalue weighted by atomic mass is 10.0. The zero-order valence-electron chi connectivity index (χ0n) is 12.3. The average Bonchev–Trinajstić information content (AvgIpc) is 3.25. The summed E-state index contributed by atoms with van der Waals surface area (Å²) >= 11 is 0. The van der Waals surface area contributed by atoms with E-state index in [1.54, 1.807) is 0 Å². The van der Waals surface area contributed by atoms with Gasteiger partial charge in [-0.25, -0.2) is 0 Å². The second-order valence-corrected chi connectivity index (χ2v) is 6.23. The van der Waals surface area contributed by atoms with E-state index in [1.807, 2.05) is 0 Å². The quantitative estimate of drug-likeness (QED) is 0.867. The van der Waals surface area contributed by atoms with Gasteiger partial charge in [-0.1, -0.05) is 48.5 Å². The van der Waals surface area contributed by atoms with Crippen LogP contribution in [0.4, 0.5) is 5.69 Å². The summed E-state index contributed by atoms with van der Waals surface area (Å²) in [6.07, 6.45) is 3.88. The molecule has 0 saturated heterocycles. The molecule has 2 aromatic carbocycles. The van der Waals surface area contributed by atoms with E-state index in [4.69, 9.17) is 0 Å². The van der Waals surface area contributed by atoms with Gasteiger partial charge in [0, 0.05) is 24.8 Å². The number of hydrogen-bond donors (Lipinski definition) is 2. The zero-order valence-corrected chi connectivity index (χ0v) is 12.3. The number of hydrogen-bond acceptors (Lipinski definition) is 2. The van der Waals surface area contributed by atoms with Gasteiger partial charge >= 0.3 is 0 Å². The molecular weight excluding hydrogens is 256 g/mol. The molecule has 21 heavy (non-hydrogen) atoms. The molecule has 1 aliphatic heterocycles. The molecule has 0 spiro atoms. The van der Waals surface area contributed by atoms with Crippen LogP contribution in [0.3, 0.4) is 0 Å². The van der Waals surface area contributed by atoms with Crippen molar-refractivity contribution in [2.75, 3.05) is 11.9 Å². The maximum atomic E-state index is 3.80. The molecule has 2 heteroatoms. The van der Waals surface area contributed by atoms with E-state index in [0.717, 1.165) is 25.4 Å². The van der Waals surface area contributed by atoms with Crippen molar-refractivity contribution in [2.45, 2.75) is 31.8 Å². The van der Waals surface area contributed by atoms with Gasteiger partial charge in [0.15, 0.2) is 0 Å². The number of benzene rings is 2. The Morgan fingerprint density at radius 1 is 1.05 bits per heavy atom. The molecule has 1 aliphatic carbocycles. The van der Waals surface area contributed by atoms with Crippen LogP contribution < -0.4 is 10.6 Å². The molecule has 0 bridgehead atoms. The van der Waals surface area contributed by atoms with Crippen molar-refractivity contribution in [2.24, 2.45) is 5.92 Å². The number of nitrogens with one attached hydrogen (secondary N) is 2. The van der Waals surface area contributed by atoms with Gasteiger partial charge in [0.1, 0.15) is 0 Å². The monoisotopic (exact) mass is 278 g/mol. The summed E-state index contributed by atoms with van der Waals surface area (Å²) in [5, 5.41) is 7.34. The standard InChI is InChI=1S/C19H22N2/c1-2-5-14(6-3-1)18(16-9-10-16)21-13-17-8-4-7-15-11-12-20-19(15)17/h1-8,16,18,20-21H,9-13H2. The predicted molar refractivity (Wildman–Crippen MR) is 87.4 cm³/mol. The molecule has 0 radical (unpaired) electrons. The van der Waals surface area contributed by atoms with Crippen molar-refractivity contribution in [1.29, 1.82) is 0 Å². The fourth-order valence-electron chi connectivity index (χ4n) is 3.42. The summed E-state index contributed by atoms with van der Waals surface area (Å²) in [5.41, 5.74) is 5.68.